The van der Waals surface area contributed by atoms with Crippen LogP contribution in [0.4, 0.5) is 13.2 Å². The van der Waals surface area contributed by atoms with Crippen LogP contribution in [0.3, 0.4) is 0 Å². The van der Waals surface area contributed by atoms with E-state index in [2.05, 4.69) is 6.58 Å². The third-order valence-electron chi connectivity index (χ3n) is 1.54. The second-order valence-electron chi connectivity index (χ2n) is 2.73. The first-order valence-electron chi connectivity index (χ1n) is 4.35. The molecule has 0 saturated heterocycles. The van der Waals surface area contributed by atoms with E-state index in [0.717, 1.165) is 18.2 Å². The summed E-state index contributed by atoms with van der Waals surface area (Å²) in [6.07, 6.45) is 0.899. The molecular weight excluding hydrogens is 237 g/mol. The average Bonchev–Trinajstić information content (AvgIpc) is 2.25. The quantitative estimate of drug-likeness (QED) is 0.506. The van der Waals surface area contributed by atoms with Gasteiger partial charge in [-0.05, 0) is 12.1 Å². The first-order valence-corrected chi connectivity index (χ1v) is 4.35. The van der Waals surface area contributed by atoms with Crippen molar-refractivity contribution in [2.75, 3.05) is 0 Å². The van der Waals surface area contributed by atoms with Crippen molar-refractivity contribution < 1.29 is 27.9 Å². The Balaban J connectivity index is 0.000000366. The fourth-order valence-electron chi connectivity index (χ4n) is 0.801. The molecule has 0 amide bonds. The summed E-state index contributed by atoms with van der Waals surface area (Å²) in [5, 5.41) is 7.68. The van der Waals surface area contributed by atoms with Crippen molar-refractivity contribution in [3.05, 3.63) is 41.7 Å². The minimum absolute atomic E-state index is 0.350. The molecule has 0 atom stereocenters. The number of carboxylic acid groups (broad SMARTS) is 1. The van der Waals surface area contributed by atoms with Gasteiger partial charge in [-0.25, -0.2) is 13.2 Å². The van der Waals surface area contributed by atoms with Crippen LogP contribution in [0.25, 0.3) is 6.08 Å². The lowest BCUT2D eigenvalue weighted by molar-refractivity contribution is -0.138. The van der Waals surface area contributed by atoms with Crippen LogP contribution in [0.1, 0.15) is 12.0 Å². The van der Waals surface area contributed by atoms with E-state index in [1.807, 2.05) is 0 Å². The van der Waals surface area contributed by atoms with E-state index in [9.17, 15) is 22.8 Å². The van der Waals surface area contributed by atoms with Gasteiger partial charge in [-0.15, -0.1) is 0 Å². The van der Waals surface area contributed by atoms with Gasteiger partial charge in [0.1, 0.15) is 18.5 Å². The Morgan fingerprint density at radius 3 is 2.12 bits per heavy atom. The molecule has 17 heavy (non-hydrogen) atoms. The molecule has 1 N–H and O–H groups in total. The molecule has 1 aromatic rings. The van der Waals surface area contributed by atoms with E-state index in [4.69, 9.17) is 5.11 Å². The molecule has 1 aromatic carbocycles. The summed E-state index contributed by atoms with van der Waals surface area (Å²) in [6, 6.07) is 1.59. The summed E-state index contributed by atoms with van der Waals surface area (Å²) in [5.41, 5.74) is -0.426. The Hall–Kier alpha value is -2.11. The van der Waals surface area contributed by atoms with E-state index < -0.39 is 29.0 Å². The number of hydrogen-bond donors (Lipinski definition) is 1. The number of aldehydes is 1. The predicted molar refractivity (Wildman–Crippen MR) is 54.7 cm³/mol. The maximum Gasteiger partial charge on any atom is 0.310 e. The van der Waals surface area contributed by atoms with Crippen molar-refractivity contribution in [3.8, 4) is 0 Å². The highest BCUT2D eigenvalue weighted by Gasteiger charge is 2.09. The smallest absolute Gasteiger partial charge is 0.310 e. The van der Waals surface area contributed by atoms with Crippen molar-refractivity contribution in [1.29, 1.82) is 0 Å². The van der Waals surface area contributed by atoms with E-state index in [0.29, 0.717) is 6.29 Å². The molecule has 0 spiro atoms. The van der Waals surface area contributed by atoms with E-state index >= 15 is 0 Å². The van der Waals surface area contributed by atoms with Gasteiger partial charge in [0.15, 0.2) is 11.6 Å². The minimum Gasteiger partial charge on any atom is -0.481 e. The average molecular weight is 246 g/mol. The van der Waals surface area contributed by atoms with Crippen LogP contribution in [-0.4, -0.2) is 17.4 Å². The zero-order chi connectivity index (χ0) is 13.4. The Labute approximate surface area is 95.2 Å². The third kappa shape index (κ3) is 4.96. The molecule has 6 heteroatoms. The Bertz CT molecular complexity index is 430. The van der Waals surface area contributed by atoms with Gasteiger partial charge in [0.05, 0.1) is 0 Å². The van der Waals surface area contributed by atoms with Crippen LogP contribution in [0.15, 0.2) is 18.7 Å². The fourth-order valence-corrected chi connectivity index (χ4v) is 0.801. The molecule has 92 valence electrons. The van der Waals surface area contributed by atoms with E-state index in [1.165, 1.54) is 0 Å². The lowest BCUT2D eigenvalue weighted by atomic mass is 10.2. The number of rotatable bonds is 3. The van der Waals surface area contributed by atoms with Crippen LogP contribution in [0, 0.1) is 17.5 Å². The van der Waals surface area contributed by atoms with E-state index in [1.54, 1.807) is 0 Å². The monoisotopic (exact) mass is 246 g/mol. The number of aliphatic carboxylic acids is 1. The number of carboxylic acids is 1. The molecule has 0 aliphatic rings. The maximum atomic E-state index is 12.6. The van der Waals surface area contributed by atoms with Crippen LogP contribution in [-0.2, 0) is 9.59 Å². The lowest BCUT2D eigenvalue weighted by Gasteiger charge is -1.98. The topological polar surface area (TPSA) is 54.4 Å². The molecule has 0 bridgehead atoms. The van der Waals surface area contributed by atoms with Crippen LogP contribution >= 0.6 is 0 Å². The van der Waals surface area contributed by atoms with Gasteiger partial charge >= 0.3 is 5.97 Å². The molecule has 0 unspecified atom stereocenters. The Morgan fingerprint density at radius 1 is 1.29 bits per heavy atom. The second-order valence-corrected chi connectivity index (χ2v) is 2.73. The highest BCUT2D eigenvalue weighted by atomic mass is 19.2. The van der Waals surface area contributed by atoms with Crippen molar-refractivity contribution in [1.82, 2.24) is 0 Å². The van der Waals surface area contributed by atoms with Crippen LogP contribution < -0.4 is 0 Å². The van der Waals surface area contributed by atoms with Gasteiger partial charge in [0, 0.05) is 5.56 Å². The van der Waals surface area contributed by atoms with Gasteiger partial charge in [0.2, 0.25) is 0 Å². The second kappa shape index (κ2) is 7.21. The summed E-state index contributed by atoms with van der Waals surface area (Å²) in [5.74, 6) is -4.15. The molecule has 0 heterocycles. The zero-order valence-electron chi connectivity index (χ0n) is 8.62. The number of carbonyl (C=O) groups excluding carboxylic acids is 1. The van der Waals surface area contributed by atoms with Gasteiger partial charge in [-0.2, -0.15) is 0 Å². The normalized spacial score (nSPS) is 8.88. The number of halogens is 3. The van der Waals surface area contributed by atoms with Gasteiger partial charge in [-0.1, -0.05) is 12.7 Å². The lowest BCUT2D eigenvalue weighted by Crippen LogP contribution is -1.92. The highest BCUT2D eigenvalue weighted by Crippen LogP contribution is 2.16. The summed E-state index contributed by atoms with van der Waals surface area (Å²) in [7, 11) is 0. The summed E-state index contributed by atoms with van der Waals surface area (Å²) in [4.78, 5) is 18.6. The molecule has 0 aliphatic heterocycles. The zero-order valence-corrected chi connectivity index (χ0v) is 8.62. The van der Waals surface area contributed by atoms with Gasteiger partial charge < -0.3 is 9.90 Å². The van der Waals surface area contributed by atoms with Crippen molar-refractivity contribution in [3.63, 3.8) is 0 Å². The molecular formula is C11H9F3O3. The predicted octanol–water partition coefficient (Wildman–Crippen LogP) is 2.41. The third-order valence-corrected chi connectivity index (χ3v) is 1.54. The van der Waals surface area contributed by atoms with E-state index in [-0.39, 0.29) is 6.42 Å². The molecule has 0 saturated carbocycles. The summed E-state index contributed by atoms with van der Waals surface area (Å²) >= 11 is 0. The van der Waals surface area contributed by atoms with Crippen molar-refractivity contribution in [2.45, 2.75) is 6.42 Å². The Morgan fingerprint density at radius 2 is 1.82 bits per heavy atom. The summed E-state index contributed by atoms with van der Waals surface area (Å²) in [6.45, 7) is 3.15. The standard InChI is InChI=1S/C8H5F3.C3H4O3/c1-2-5-6(9)3-4-7(10)8(5)11;4-2-1-3(5)6/h2-4H,1H2;2H,1H2,(H,5,6). The molecule has 1 rings (SSSR count). The Kier molecular flexibility index (Phi) is 6.32. The van der Waals surface area contributed by atoms with Crippen LogP contribution in [0.2, 0.25) is 0 Å². The number of benzene rings is 1. The SMILES string of the molecule is C=Cc1c(F)ccc(F)c1F.O=CCC(=O)O. The number of hydrogen-bond acceptors (Lipinski definition) is 2. The van der Waals surface area contributed by atoms with Gasteiger partial charge in [0.25, 0.3) is 0 Å². The largest absolute Gasteiger partial charge is 0.481 e. The van der Waals surface area contributed by atoms with Crippen molar-refractivity contribution in [2.24, 2.45) is 0 Å². The molecule has 0 radical (unpaired) electrons. The first kappa shape index (κ1) is 14.9. The summed E-state index contributed by atoms with van der Waals surface area (Å²) < 4.78 is 37.5. The maximum absolute atomic E-state index is 12.6. The highest BCUT2D eigenvalue weighted by molar-refractivity contribution is 5.82. The van der Waals surface area contributed by atoms with Crippen molar-refractivity contribution >= 4 is 18.3 Å². The number of carbonyl (C=O) groups is 2. The molecule has 0 fully saturated rings. The molecule has 0 aromatic heterocycles. The van der Waals surface area contributed by atoms with Gasteiger partial charge in [-0.3, -0.25) is 4.79 Å². The minimum atomic E-state index is -1.19. The molecule has 0 aliphatic carbocycles. The first-order chi connectivity index (χ1) is 7.93. The fraction of sp³-hybridized carbons (Fsp3) is 0.0909. The van der Waals surface area contributed by atoms with Crippen LogP contribution in [0.5, 0.6) is 0 Å². The molecule has 3 nitrogen and oxygen atoms in total.